The molecule has 0 spiro atoms. The van der Waals surface area contributed by atoms with Crippen LogP contribution in [0, 0.1) is 0 Å². The van der Waals surface area contributed by atoms with Crippen molar-refractivity contribution in [3.05, 3.63) is 42.2 Å². The molecule has 0 radical (unpaired) electrons. The molecule has 5 nitrogen and oxygen atoms in total. The van der Waals surface area contributed by atoms with Crippen LogP contribution >= 0.6 is 0 Å². The second-order valence-corrected chi connectivity index (χ2v) is 6.00. The highest BCUT2D eigenvalue weighted by atomic mass is 32.2. The highest BCUT2D eigenvalue weighted by Crippen LogP contribution is 2.22. The molecule has 2 rings (SSSR count). The van der Waals surface area contributed by atoms with Crippen LogP contribution in [0.4, 0.5) is 0 Å². The van der Waals surface area contributed by atoms with Gasteiger partial charge in [-0.1, -0.05) is 19.4 Å². The molecule has 2 aromatic rings. The minimum atomic E-state index is -3.53. The van der Waals surface area contributed by atoms with Crippen molar-refractivity contribution in [2.45, 2.75) is 19.8 Å². The summed E-state index contributed by atoms with van der Waals surface area (Å²) >= 11 is 0. The number of hydrogen-bond donors (Lipinski definition) is 0. The average Bonchev–Trinajstić information content (AvgIpc) is 2.39. The van der Waals surface area contributed by atoms with Crippen LogP contribution in [0.1, 0.15) is 18.9 Å². The predicted octanol–water partition coefficient (Wildman–Crippen LogP) is 2.43. The standard InChI is InChI=1S/C14H16N2O3S/c1-3-5-11-6-4-9-15-14(11)13-8-7-12(10-16-13)19-20(2,17)18/h4,6-10H,3,5H2,1-2H3. The van der Waals surface area contributed by atoms with Gasteiger partial charge in [0.05, 0.1) is 23.8 Å². The van der Waals surface area contributed by atoms with Crippen LogP contribution in [0.15, 0.2) is 36.7 Å². The van der Waals surface area contributed by atoms with Gasteiger partial charge in [0.2, 0.25) is 0 Å². The van der Waals surface area contributed by atoms with E-state index in [0.29, 0.717) is 5.69 Å². The molecule has 0 aliphatic rings. The van der Waals surface area contributed by atoms with Gasteiger partial charge in [-0.05, 0) is 30.2 Å². The van der Waals surface area contributed by atoms with E-state index in [4.69, 9.17) is 4.18 Å². The number of aromatic nitrogens is 2. The van der Waals surface area contributed by atoms with Crippen molar-refractivity contribution in [1.29, 1.82) is 0 Å². The van der Waals surface area contributed by atoms with Gasteiger partial charge in [0, 0.05) is 6.20 Å². The number of rotatable bonds is 5. The van der Waals surface area contributed by atoms with Crippen LogP contribution in [-0.4, -0.2) is 24.6 Å². The van der Waals surface area contributed by atoms with Crippen molar-refractivity contribution in [3.8, 4) is 17.1 Å². The molecule has 0 fully saturated rings. The summed E-state index contributed by atoms with van der Waals surface area (Å²) in [5.74, 6) is 0.198. The first kappa shape index (κ1) is 14.5. The molecule has 0 aliphatic carbocycles. The Morgan fingerprint density at radius 3 is 2.60 bits per heavy atom. The van der Waals surface area contributed by atoms with E-state index in [1.807, 2.05) is 12.1 Å². The fraction of sp³-hybridized carbons (Fsp3) is 0.286. The summed E-state index contributed by atoms with van der Waals surface area (Å²) in [6.07, 6.45) is 6.05. The Labute approximate surface area is 118 Å². The van der Waals surface area contributed by atoms with Gasteiger partial charge in [-0.15, -0.1) is 0 Å². The van der Waals surface area contributed by atoms with Crippen molar-refractivity contribution in [1.82, 2.24) is 9.97 Å². The van der Waals surface area contributed by atoms with E-state index in [1.165, 1.54) is 6.20 Å². The summed E-state index contributed by atoms with van der Waals surface area (Å²) in [6.45, 7) is 2.10. The van der Waals surface area contributed by atoms with Gasteiger partial charge in [0.1, 0.15) is 0 Å². The zero-order valence-electron chi connectivity index (χ0n) is 11.4. The Hall–Kier alpha value is -1.95. The summed E-state index contributed by atoms with van der Waals surface area (Å²) in [4.78, 5) is 8.57. The number of aryl methyl sites for hydroxylation is 1. The summed E-state index contributed by atoms with van der Waals surface area (Å²) in [5, 5.41) is 0. The first-order valence-electron chi connectivity index (χ1n) is 6.29. The third kappa shape index (κ3) is 3.77. The van der Waals surface area contributed by atoms with E-state index in [9.17, 15) is 8.42 Å². The van der Waals surface area contributed by atoms with Gasteiger partial charge in [-0.2, -0.15) is 8.42 Å². The minimum Gasteiger partial charge on any atom is -0.381 e. The molecule has 0 N–H and O–H groups in total. The van der Waals surface area contributed by atoms with E-state index in [0.717, 1.165) is 30.4 Å². The Bertz CT molecular complexity index is 682. The Morgan fingerprint density at radius 1 is 1.20 bits per heavy atom. The van der Waals surface area contributed by atoms with Crippen molar-refractivity contribution in [2.75, 3.05) is 6.26 Å². The third-order valence-electron chi connectivity index (χ3n) is 2.64. The SMILES string of the molecule is CCCc1cccnc1-c1ccc(OS(C)(=O)=O)cn1. The van der Waals surface area contributed by atoms with Crippen LogP contribution < -0.4 is 4.18 Å². The minimum absolute atomic E-state index is 0.198. The van der Waals surface area contributed by atoms with Gasteiger partial charge in [-0.25, -0.2) is 0 Å². The van der Waals surface area contributed by atoms with Crippen molar-refractivity contribution >= 4 is 10.1 Å². The van der Waals surface area contributed by atoms with E-state index in [2.05, 4.69) is 16.9 Å². The summed E-state index contributed by atoms with van der Waals surface area (Å²) in [6, 6.07) is 7.21. The second kappa shape index (κ2) is 6.00. The Balaban J connectivity index is 2.30. The molecular formula is C14H16N2O3S. The molecule has 0 amide bonds. The first-order valence-corrected chi connectivity index (χ1v) is 8.11. The zero-order chi connectivity index (χ0) is 14.6. The first-order chi connectivity index (χ1) is 9.49. The van der Waals surface area contributed by atoms with Crippen LogP contribution in [0.5, 0.6) is 5.75 Å². The lowest BCUT2D eigenvalue weighted by Crippen LogP contribution is -2.06. The number of pyridine rings is 2. The molecule has 0 atom stereocenters. The maximum Gasteiger partial charge on any atom is 0.306 e. The molecule has 2 aromatic heterocycles. The van der Waals surface area contributed by atoms with Gasteiger partial charge in [0.15, 0.2) is 5.75 Å². The number of hydrogen-bond acceptors (Lipinski definition) is 5. The lowest BCUT2D eigenvalue weighted by molar-refractivity contribution is 0.492. The number of nitrogens with zero attached hydrogens (tertiary/aromatic N) is 2. The maximum atomic E-state index is 11.0. The van der Waals surface area contributed by atoms with Gasteiger partial charge in [-0.3, -0.25) is 9.97 Å². The molecule has 20 heavy (non-hydrogen) atoms. The van der Waals surface area contributed by atoms with Gasteiger partial charge < -0.3 is 4.18 Å². The van der Waals surface area contributed by atoms with Crippen LogP contribution in [0.3, 0.4) is 0 Å². The zero-order valence-corrected chi connectivity index (χ0v) is 12.2. The highest BCUT2D eigenvalue weighted by molar-refractivity contribution is 7.86. The van der Waals surface area contributed by atoms with E-state index < -0.39 is 10.1 Å². The summed E-state index contributed by atoms with van der Waals surface area (Å²) in [5.41, 5.74) is 2.65. The largest absolute Gasteiger partial charge is 0.381 e. The molecule has 2 heterocycles. The summed E-state index contributed by atoms with van der Waals surface area (Å²) in [7, 11) is -3.53. The quantitative estimate of drug-likeness (QED) is 0.792. The maximum absolute atomic E-state index is 11.0. The van der Waals surface area contributed by atoms with E-state index in [1.54, 1.807) is 18.3 Å². The smallest absolute Gasteiger partial charge is 0.306 e. The average molecular weight is 292 g/mol. The fourth-order valence-corrected chi connectivity index (χ4v) is 2.33. The molecule has 0 saturated heterocycles. The lowest BCUT2D eigenvalue weighted by Gasteiger charge is -2.07. The third-order valence-corrected chi connectivity index (χ3v) is 3.13. The highest BCUT2D eigenvalue weighted by Gasteiger charge is 2.09. The molecule has 0 aromatic carbocycles. The molecule has 0 saturated carbocycles. The topological polar surface area (TPSA) is 69.2 Å². The monoisotopic (exact) mass is 292 g/mol. The Morgan fingerprint density at radius 2 is 2.00 bits per heavy atom. The lowest BCUT2D eigenvalue weighted by atomic mass is 10.1. The molecule has 106 valence electrons. The molecular weight excluding hydrogens is 276 g/mol. The second-order valence-electron chi connectivity index (χ2n) is 4.43. The van der Waals surface area contributed by atoms with Crippen LogP contribution in [-0.2, 0) is 16.5 Å². The van der Waals surface area contributed by atoms with Crippen LogP contribution in [0.25, 0.3) is 11.4 Å². The van der Waals surface area contributed by atoms with Crippen molar-refractivity contribution in [2.24, 2.45) is 0 Å². The van der Waals surface area contributed by atoms with Crippen molar-refractivity contribution < 1.29 is 12.6 Å². The summed E-state index contributed by atoms with van der Waals surface area (Å²) < 4.78 is 26.8. The molecule has 6 heteroatoms. The molecule has 0 bridgehead atoms. The van der Waals surface area contributed by atoms with Crippen LogP contribution in [0.2, 0.25) is 0 Å². The van der Waals surface area contributed by atoms with E-state index >= 15 is 0 Å². The van der Waals surface area contributed by atoms with Gasteiger partial charge in [0.25, 0.3) is 0 Å². The van der Waals surface area contributed by atoms with E-state index in [-0.39, 0.29) is 5.75 Å². The normalized spacial score (nSPS) is 11.3. The van der Waals surface area contributed by atoms with Gasteiger partial charge >= 0.3 is 10.1 Å². The van der Waals surface area contributed by atoms with Crippen molar-refractivity contribution in [3.63, 3.8) is 0 Å². The Kier molecular flexibility index (Phi) is 4.34. The molecule has 0 unspecified atom stereocenters. The fourth-order valence-electron chi connectivity index (χ4n) is 1.88. The predicted molar refractivity (Wildman–Crippen MR) is 76.9 cm³/mol. The molecule has 0 aliphatic heterocycles.